The van der Waals surface area contributed by atoms with Gasteiger partial charge in [-0.15, -0.1) is 0 Å². The van der Waals surface area contributed by atoms with E-state index in [0.29, 0.717) is 39.2 Å². The molecule has 26 heavy (non-hydrogen) atoms. The van der Waals surface area contributed by atoms with E-state index in [1.807, 2.05) is 17.0 Å². The minimum atomic E-state index is -0.308. The molecule has 136 valence electrons. The molecule has 2 aliphatic heterocycles. The highest BCUT2D eigenvalue weighted by Crippen LogP contribution is 2.19. The second kappa shape index (κ2) is 7.46. The normalized spacial score (nSPS) is 21.2. The van der Waals surface area contributed by atoms with Crippen LogP contribution >= 0.6 is 0 Å². The monoisotopic (exact) mass is 352 g/mol. The summed E-state index contributed by atoms with van der Waals surface area (Å²) in [7, 11) is 0. The first kappa shape index (κ1) is 17.0. The van der Waals surface area contributed by atoms with Crippen LogP contribution in [0.2, 0.25) is 0 Å². The maximum atomic E-state index is 12.5. The number of hydrogen-bond donors (Lipinski definition) is 0. The molecule has 2 amide bonds. The number of carbonyl (C=O) groups excluding carboxylic acids is 2. The Morgan fingerprint density at radius 3 is 2.73 bits per heavy atom. The van der Waals surface area contributed by atoms with E-state index in [2.05, 4.69) is 30.3 Å². The molecule has 0 aromatic heterocycles. The lowest BCUT2D eigenvalue weighted by Crippen LogP contribution is -2.41. The number of ether oxygens (including phenoxy) is 1. The van der Waals surface area contributed by atoms with Crippen LogP contribution in [0.4, 0.5) is 0 Å². The number of benzene rings is 2. The highest BCUT2D eigenvalue weighted by Gasteiger charge is 2.30. The Kier molecular flexibility index (Phi) is 4.89. The van der Waals surface area contributed by atoms with Crippen molar-refractivity contribution in [3.05, 3.63) is 48.0 Å². The Bertz CT molecular complexity index is 814. The molecule has 2 fully saturated rings. The fourth-order valence-corrected chi connectivity index (χ4v) is 3.79. The van der Waals surface area contributed by atoms with Gasteiger partial charge in [0.15, 0.2) is 0 Å². The molecule has 2 aliphatic rings. The van der Waals surface area contributed by atoms with Crippen LogP contribution < -0.4 is 0 Å². The largest absolute Gasteiger partial charge is 0.368 e. The maximum Gasteiger partial charge on any atom is 0.251 e. The van der Waals surface area contributed by atoms with Gasteiger partial charge >= 0.3 is 0 Å². The second-order valence-corrected chi connectivity index (χ2v) is 7.07. The summed E-state index contributed by atoms with van der Waals surface area (Å²) in [6.07, 6.45) is 1.81. The first-order valence-corrected chi connectivity index (χ1v) is 9.36. The smallest absolute Gasteiger partial charge is 0.251 e. The van der Waals surface area contributed by atoms with Crippen LogP contribution in [0.25, 0.3) is 10.8 Å². The molecule has 0 N–H and O–H groups in total. The lowest BCUT2D eigenvalue weighted by Gasteiger charge is -2.24. The molecule has 5 heteroatoms. The predicted molar refractivity (Wildman–Crippen MR) is 99.5 cm³/mol. The first-order chi connectivity index (χ1) is 12.7. The van der Waals surface area contributed by atoms with Crippen LogP contribution in [0.15, 0.2) is 42.5 Å². The minimum absolute atomic E-state index is 0.0443. The highest BCUT2D eigenvalue weighted by molar-refractivity contribution is 5.84. The van der Waals surface area contributed by atoms with Crippen LogP contribution in [-0.4, -0.2) is 54.0 Å². The van der Waals surface area contributed by atoms with Crippen LogP contribution in [0.1, 0.15) is 24.8 Å². The summed E-state index contributed by atoms with van der Waals surface area (Å²) >= 11 is 0. The van der Waals surface area contributed by atoms with Crippen LogP contribution in [0, 0.1) is 0 Å². The maximum absolute atomic E-state index is 12.5. The van der Waals surface area contributed by atoms with Crippen molar-refractivity contribution in [2.24, 2.45) is 0 Å². The summed E-state index contributed by atoms with van der Waals surface area (Å²) in [6, 6.07) is 14.5. The van der Waals surface area contributed by atoms with Crippen molar-refractivity contribution >= 4 is 22.6 Å². The van der Waals surface area contributed by atoms with Gasteiger partial charge in [-0.2, -0.15) is 0 Å². The van der Waals surface area contributed by atoms with E-state index in [0.717, 1.165) is 18.4 Å². The molecule has 0 saturated carbocycles. The highest BCUT2D eigenvalue weighted by atomic mass is 16.5. The number of nitrogens with zero attached hydrogens (tertiary/aromatic N) is 2. The standard InChI is InChI=1S/C21H24N2O3/c24-20-9-10-22(21(25)19-6-3-13-26-19)11-12-23(20)15-16-7-8-17-4-1-2-5-18(17)14-16/h1-2,4-5,7-8,14,19H,3,6,9-13,15H2. The lowest BCUT2D eigenvalue weighted by molar-refractivity contribution is -0.140. The summed E-state index contributed by atoms with van der Waals surface area (Å²) in [5.41, 5.74) is 1.12. The second-order valence-electron chi connectivity index (χ2n) is 7.07. The Balaban J connectivity index is 1.43. The van der Waals surface area contributed by atoms with Crippen molar-refractivity contribution in [1.29, 1.82) is 0 Å². The van der Waals surface area contributed by atoms with Crippen molar-refractivity contribution in [2.45, 2.75) is 31.9 Å². The molecule has 2 aromatic rings. The third kappa shape index (κ3) is 3.58. The van der Waals surface area contributed by atoms with Crippen LogP contribution in [0.3, 0.4) is 0 Å². The van der Waals surface area contributed by atoms with Gasteiger partial charge in [-0.1, -0.05) is 36.4 Å². The number of hydrogen-bond acceptors (Lipinski definition) is 3. The summed E-state index contributed by atoms with van der Waals surface area (Å²) in [5.74, 6) is 0.156. The van der Waals surface area contributed by atoms with E-state index in [9.17, 15) is 9.59 Å². The average Bonchev–Trinajstić information content (AvgIpc) is 3.14. The van der Waals surface area contributed by atoms with Gasteiger partial charge < -0.3 is 14.5 Å². The third-order valence-electron chi connectivity index (χ3n) is 5.29. The van der Waals surface area contributed by atoms with Crippen LogP contribution in [-0.2, 0) is 20.9 Å². The molecule has 2 heterocycles. The van der Waals surface area contributed by atoms with Crippen LogP contribution in [0.5, 0.6) is 0 Å². The van der Waals surface area contributed by atoms with Crippen molar-refractivity contribution in [3.8, 4) is 0 Å². The topological polar surface area (TPSA) is 49.9 Å². The minimum Gasteiger partial charge on any atom is -0.368 e. The number of fused-ring (bicyclic) bond motifs is 1. The lowest BCUT2D eigenvalue weighted by atomic mass is 10.1. The Morgan fingerprint density at radius 2 is 1.92 bits per heavy atom. The molecule has 0 aliphatic carbocycles. The third-order valence-corrected chi connectivity index (χ3v) is 5.29. The van der Waals surface area contributed by atoms with Crippen molar-refractivity contribution in [3.63, 3.8) is 0 Å². The zero-order valence-electron chi connectivity index (χ0n) is 14.9. The van der Waals surface area contributed by atoms with E-state index in [1.165, 1.54) is 10.8 Å². The van der Waals surface area contributed by atoms with Gasteiger partial charge in [0.25, 0.3) is 5.91 Å². The molecule has 0 bridgehead atoms. The van der Waals surface area contributed by atoms with Gasteiger partial charge in [0.1, 0.15) is 6.10 Å². The van der Waals surface area contributed by atoms with Gasteiger partial charge in [-0.25, -0.2) is 0 Å². The van der Waals surface area contributed by atoms with E-state index < -0.39 is 0 Å². The Labute approximate surface area is 153 Å². The van der Waals surface area contributed by atoms with Gasteiger partial charge in [-0.3, -0.25) is 9.59 Å². The van der Waals surface area contributed by atoms with Crippen molar-refractivity contribution < 1.29 is 14.3 Å². The van der Waals surface area contributed by atoms with E-state index in [4.69, 9.17) is 4.74 Å². The number of rotatable bonds is 3. The van der Waals surface area contributed by atoms with Gasteiger partial charge in [0, 0.05) is 39.2 Å². The first-order valence-electron chi connectivity index (χ1n) is 9.36. The zero-order chi connectivity index (χ0) is 17.9. The molecule has 4 rings (SSSR count). The predicted octanol–water partition coefficient (Wildman–Crippen LogP) is 2.58. The van der Waals surface area contributed by atoms with Gasteiger partial charge in [0.05, 0.1) is 0 Å². The molecule has 0 spiro atoms. The Hall–Kier alpha value is -2.40. The Morgan fingerprint density at radius 1 is 1.08 bits per heavy atom. The van der Waals surface area contributed by atoms with Crippen molar-refractivity contribution in [1.82, 2.24) is 9.80 Å². The van der Waals surface area contributed by atoms with E-state index >= 15 is 0 Å². The average molecular weight is 352 g/mol. The molecule has 1 unspecified atom stereocenters. The fourth-order valence-electron chi connectivity index (χ4n) is 3.79. The summed E-state index contributed by atoms with van der Waals surface area (Å²) in [5, 5.41) is 2.38. The molecular weight excluding hydrogens is 328 g/mol. The van der Waals surface area contributed by atoms with Gasteiger partial charge in [-0.05, 0) is 35.2 Å². The molecule has 0 radical (unpaired) electrons. The summed E-state index contributed by atoms with van der Waals surface area (Å²) in [6.45, 7) is 2.90. The van der Waals surface area contributed by atoms with Gasteiger partial charge in [0.2, 0.25) is 5.91 Å². The number of amides is 2. The molecular formula is C21H24N2O3. The fraction of sp³-hybridized carbons (Fsp3) is 0.429. The van der Waals surface area contributed by atoms with E-state index in [1.54, 1.807) is 4.90 Å². The van der Waals surface area contributed by atoms with E-state index in [-0.39, 0.29) is 17.9 Å². The molecule has 2 aromatic carbocycles. The molecule has 5 nitrogen and oxygen atoms in total. The summed E-state index contributed by atoms with van der Waals surface area (Å²) in [4.78, 5) is 28.7. The SMILES string of the molecule is O=C1CCN(C(=O)C2CCCO2)CCN1Cc1ccc2ccccc2c1. The zero-order valence-corrected chi connectivity index (χ0v) is 14.9. The number of carbonyl (C=O) groups is 2. The quantitative estimate of drug-likeness (QED) is 0.853. The molecule has 1 atom stereocenters. The van der Waals surface area contributed by atoms with Crippen molar-refractivity contribution in [2.75, 3.05) is 26.2 Å². The summed E-state index contributed by atoms with van der Waals surface area (Å²) < 4.78 is 5.51. The molecule has 2 saturated heterocycles.